The fraction of sp³-hybridized carbons (Fsp3) is 0.182. The number of halogens is 1. The van der Waals surface area contributed by atoms with Gasteiger partial charge in [0, 0.05) is 34.3 Å². The van der Waals surface area contributed by atoms with Gasteiger partial charge in [-0.3, -0.25) is 9.59 Å². The Bertz CT molecular complexity index is 1520. The number of hydrogen-bond acceptors (Lipinski definition) is 6. The van der Waals surface area contributed by atoms with Crippen molar-refractivity contribution in [1.29, 1.82) is 0 Å². The van der Waals surface area contributed by atoms with Crippen molar-refractivity contribution in [2.75, 3.05) is 26.6 Å². The molecule has 0 aromatic heterocycles. The van der Waals surface area contributed by atoms with E-state index in [-0.39, 0.29) is 18.9 Å². The Morgan fingerprint density at radius 1 is 0.810 bits per heavy atom. The highest BCUT2D eigenvalue weighted by molar-refractivity contribution is 6.30. The molecule has 0 aliphatic carbocycles. The summed E-state index contributed by atoms with van der Waals surface area (Å²) in [6.07, 6.45) is 0.165. The molecule has 0 saturated heterocycles. The van der Waals surface area contributed by atoms with Gasteiger partial charge in [0.1, 0.15) is 17.5 Å². The molecule has 0 bridgehead atoms. The van der Waals surface area contributed by atoms with Gasteiger partial charge in [-0.15, -0.1) is 0 Å². The summed E-state index contributed by atoms with van der Waals surface area (Å²) in [5.74, 6) is -0.0909. The second-order valence-electron chi connectivity index (χ2n) is 9.38. The molecule has 9 heteroatoms. The predicted molar refractivity (Wildman–Crippen MR) is 161 cm³/mol. The van der Waals surface area contributed by atoms with Crippen LogP contribution >= 0.6 is 11.6 Å². The number of esters is 1. The maximum Gasteiger partial charge on any atom is 0.337 e. The zero-order chi connectivity index (χ0) is 30.1. The Hall–Kier alpha value is -4.82. The van der Waals surface area contributed by atoms with Crippen LogP contribution in [0.25, 0.3) is 0 Å². The standard InChI is InChI=1S/C33H31ClN2O6/c1-40-28-18-13-25(30(20-28)41-2)21-36(32(38)23-7-5-4-6-8-23)29(31(37)35-27-16-14-26(34)15-17-27)19-22-9-11-24(12-10-22)33(39)42-3/h4-18,20,29H,19,21H2,1-3H3,(H,35,37). The van der Waals surface area contributed by atoms with Gasteiger partial charge in [-0.2, -0.15) is 0 Å². The first-order chi connectivity index (χ1) is 20.3. The van der Waals surface area contributed by atoms with Gasteiger partial charge < -0.3 is 24.4 Å². The summed E-state index contributed by atoms with van der Waals surface area (Å²) in [6, 6.07) is 26.6. The summed E-state index contributed by atoms with van der Waals surface area (Å²) in [4.78, 5) is 41.6. The second-order valence-corrected chi connectivity index (χ2v) is 9.82. The van der Waals surface area contributed by atoms with E-state index in [9.17, 15) is 14.4 Å². The van der Waals surface area contributed by atoms with E-state index >= 15 is 0 Å². The van der Waals surface area contributed by atoms with E-state index in [1.165, 1.54) is 19.1 Å². The summed E-state index contributed by atoms with van der Waals surface area (Å²) in [5.41, 5.74) is 2.77. The minimum absolute atomic E-state index is 0.0693. The first kappa shape index (κ1) is 30.1. The molecule has 4 aromatic carbocycles. The molecule has 2 amide bonds. The lowest BCUT2D eigenvalue weighted by Crippen LogP contribution is -2.48. The van der Waals surface area contributed by atoms with E-state index in [1.54, 1.807) is 92.0 Å². The van der Waals surface area contributed by atoms with Crippen molar-refractivity contribution in [2.24, 2.45) is 0 Å². The van der Waals surface area contributed by atoms with Gasteiger partial charge >= 0.3 is 5.97 Å². The van der Waals surface area contributed by atoms with Gasteiger partial charge in [-0.25, -0.2) is 4.79 Å². The van der Waals surface area contributed by atoms with E-state index in [2.05, 4.69) is 5.32 Å². The van der Waals surface area contributed by atoms with E-state index in [4.69, 9.17) is 25.8 Å². The number of amides is 2. The van der Waals surface area contributed by atoms with Crippen LogP contribution in [0.15, 0.2) is 97.1 Å². The van der Waals surface area contributed by atoms with Gasteiger partial charge in [0.05, 0.1) is 33.4 Å². The molecule has 0 heterocycles. The molecule has 0 radical (unpaired) electrons. The van der Waals surface area contributed by atoms with Crippen LogP contribution in [0.1, 0.15) is 31.8 Å². The average molecular weight is 587 g/mol. The van der Waals surface area contributed by atoms with Crippen molar-refractivity contribution in [3.8, 4) is 11.5 Å². The Labute approximate surface area is 249 Å². The lowest BCUT2D eigenvalue weighted by Gasteiger charge is -2.32. The van der Waals surface area contributed by atoms with Gasteiger partial charge in [0.2, 0.25) is 5.91 Å². The number of carbonyl (C=O) groups is 3. The van der Waals surface area contributed by atoms with Crippen molar-refractivity contribution >= 4 is 35.1 Å². The van der Waals surface area contributed by atoms with Crippen LogP contribution < -0.4 is 14.8 Å². The molecule has 0 saturated carbocycles. The number of carbonyl (C=O) groups excluding carboxylic acids is 3. The number of nitrogens with zero attached hydrogens (tertiary/aromatic N) is 1. The summed E-state index contributed by atoms with van der Waals surface area (Å²) in [5, 5.41) is 3.46. The molecule has 4 rings (SSSR count). The maximum absolute atomic E-state index is 14.1. The molecule has 4 aromatic rings. The zero-order valence-corrected chi connectivity index (χ0v) is 24.3. The third-order valence-corrected chi connectivity index (χ3v) is 6.96. The summed E-state index contributed by atoms with van der Waals surface area (Å²) in [7, 11) is 4.41. The largest absolute Gasteiger partial charge is 0.497 e. The Kier molecular flexibility index (Phi) is 10.2. The second kappa shape index (κ2) is 14.2. The average Bonchev–Trinajstić information content (AvgIpc) is 3.03. The number of benzene rings is 4. The molecular weight excluding hydrogens is 556 g/mol. The first-order valence-corrected chi connectivity index (χ1v) is 13.5. The molecular formula is C33H31ClN2O6. The molecule has 1 N–H and O–H groups in total. The lowest BCUT2D eigenvalue weighted by molar-refractivity contribution is -0.120. The van der Waals surface area contributed by atoms with Crippen molar-refractivity contribution in [3.05, 3.63) is 124 Å². The lowest BCUT2D eigenvalue weighted by atomic mass is 10.00. The minimum atomic E-state index is -0.954. The third kappa shape index (κ3) is 7.47. The maximum atomic E-state index is 14.1. The van der Waals surface area contributed by atoms with Gasteiger partial charge in [-0.1, -0.05) is 41.9 Å². The molecule has 1 unspecified atom stereocenters. The molecule has 216 valence electrons. The van der Waals surface area contributed by atoms with Crippen LogP contribution in [0, 0.1) is 0 Å². The van der Waals surface area contributed by atoms with E-state index in [1.807, 2.05) is 12.1 Å². The van der Waals surface area contributed by atoms with Crippen molar-refractivity contribution in [1.82, 2.24) is 4.90 Å². The SMILES string of the molecule is COC(=O)c1ccc(CC(C(=O)Nc2ccc(Cl)cc2)N(Cc2ccc(OC)cc2OC)C(=O)c2ccccc2)cc1. The summed E-state index contributed by atoms with van der Waals surface area (Å²) < 4.78 is 15.8. The first-order valence-electron chi connectivity index (χ1n) is 13.1. The fourth-order valence-corrected chi connectivity index (χ4v) is 4.58. The van der Waals surface area contributed by atoms with Crippen LogP contribution in [0.3, 0.4) is 0 Å². The Balaban J connectivity index is 1.77. The molecule has 42 heavy (non-hydrogen) atoms. The van der Waals surface area contributed by atoms with Crippen LogP contribution in [0.5, 0.6) is 11.5 Å². The van der Waals surface area contributed by atoms with Gasteiger partial charge in [0.15, 0.2) is 0 Å². The summed E-state index contributed by atoms with van der Waals surface area (Å²) in [6.45, 7) is 0.0693. The monoisotopic (exact) mass is 586 g/mol. The number of rotatable bonds is 11. The molecule has 0 fully saturated rings. The number of hydrogen-bond donors (Lipinski definition) is 1. The quantitative estimate of drug-likeness (QED) is 0.216. The van der Waals surface area contributed by atoms with Gasteiger partial charge in [-0.05, 0) is 66.2 Å². The highest BCUT2D eigenvalue weighted by Gasteiger charge is 2.32. The van der Waals surface area contributed by atoms with E-state index in [0.717, 1.165) is 5.56 Å². The van der Waals surface area contributed by atoms with E-state index in [0.29, 0.717) is 38.9 Å². The molecule has 1 atom stereocenters. The van der Waals surface area contributed by atoms with Crippen molar-refractivity contribution in [3.63, 3.8) is 0 Å². The van der Waals surface area contributed by atoms with Crippen LogP contribution in [0.2, 0.25) is 5.02 Å². The van der Waals surface area contributed by atoms with Gasteiger partial charge in [0.25, 0.3) is 5.91 Å². The third-order valence-electron chi connectivity index (χ3n) is 6.71. The predicted octanol–water partition coefficient (Wildman–Crippen LogP) is 6.04. The van der Waals surface area contributed by atoms with Crippen LogP contribution in [-0.2, 0) is 22.5 Å². The molecule has 0 aliphatic rings. The normalized spacial score (nSPS) is 11.2. The smallest absolute Gasteiger partial charge is 0.337 e. The zero-order valence-electron chi connectivity index (χ0n) is 23.5. The highest BCUT2D eigenvalue weighted by atomic mass is 35.5. The number of ether oxygens (including phenoxy) is 3. The van der Waals surface area contributed by atoms with E-state index < -0.39 is 17.9 Å². The van der Waals surface area contributed by atoms with Crippen molar-refractivity contribution < 1.29 is 28.6 Å². The van der Waals surface area contributed by atoms with Crippen molar-refractivity contribution in [2.45, 2.75) is 19.0 Å². The minimum Gasteiger partial charge on any atom is -0.497 e. The molecule has 0 spiro atoms. The Morgan fingerprint density at radius 3 is 2.12 bits per heavy atom. The fourth-order valence-electron chi connectivity index (χ4n) is 4.46. The number of anilines is 1. The molecule has 8 nitrogen and oxygen atoms in total. The molecule has 0 aliphatic heterocycles. The topological polar surface area (TPSA) is 94.2 Å². The Morgan fingerprint density at radius 2 is 1.50 bits per heavy atom. The summed E-state index contributed by atoms with van der Waals surface area (Å²) >= 11 is 6.04. The highest BCUT2D eigenvalue weighted by Crippen LogP contribution is 2.28. The van der Waals surface area contributed by atoms with Crippen LogP contribution in [-0.4, -0.2) is 50.1 Å². The number of nitrogens with one attached hydrogen (secondary N) is 1. The van der Waals surface area contributed by atoms with Crippen LogP contribution in [0.4, 0.5) is 5.69 Å². The number of methoxy groups -OCH3 is 3.